The number of nitrogens with one attached hydrogen (secondary N) is 1. The molecule has 1 fully saturated rings. The third kappa shape index (κ3) is 1.83. The SMILES string of the molecule is CNC1CCC(C)(c2c(Br)nnn2C)C1. The predicted octanol–water partition coefficient (Wildman–Crippen LogP) is 1.61. The van der Waals surface area contributed by atoms with Crippen LogP contribution in [-0.4, -0.2) is 28.1 Å². The Morgan fingerprint density at radius 1 is 1.60 bits per heavy atom. The van der Waals surface area contributed by atoms with Gasteiger partial charge in [-0.15, -0.1) is 5.10 Å². The highest BCUT2D eigenvalue weighted by Gasteiger charge is 2.39. The Balaban J connectivity index is 2.31. The van der Waals surface area contributed by atoms with E-state index in [0.717, 1.165) is 11.0 Å². The Morgan fingerprint density at radius 3 is 2.80 bits per heavy atom. The van der Waals surface area contributed by atoms with Crippen LogP contribution in [0, 0.1) is 0 Å². The number of hydrogen-bond acceptors (Lipinski definition) is 3. The van der Waals surface area contributed by atoms with E-state index in [4.69, 9.17) is 0 Å². The monoisotopic (exact) mass is 272 g/mol. The Bertz CT molecular complexity index is 343. The van der Waals surface area contributed by atoms with Crippen molar-refractivity contribution in [2.75, 3.05) is 7.05 Å². The smallest absolute Gasteiger partial charge is 0.152 e. The first-order valence-electron chi connectivity index (χ1n) is 5.30. The van der Waals surface area contributed by atoms with Crippen LogP contribution in [0.2, 0.25) is 0 Å². The second-order valence-corrected chi connectivity index (χ2v) is 5.39. The molecular weight excluding hydrogens is 256 g/mol. The molecular formula is C10H17BrN4. The van der Waals surface area contributed by atoms with Crippen molar-refractivity contribution in [2.24, 2.45) is 7.05 Å². The van der Waals surface area contributed by atoms with Gasteiger partial charge >= 0.3 is 0 Å². The molecule has 1 aromatic heterocycles. The van der Waals surface area contributed by atoms with Gasteiger partial charge in [-0.2, -0.15) is 0 Å². The molecule has 1 heterocycles. The lowest BCUT2D eigenvalue weighted by atomic mass is 9.85. The van der Waals surface area contributed by atoms with Gasteiger partial charge in [-0.3, -0.25) is 4.68 Å². The minimum absolute atomic E-state index is 0.199. The maximum atomic E-state index is 4.07. The number of hydrogen-bond donors (Lipinski definition) is 1. The summed E-state index contributed by atoms with van der Waals surface area (Å²) in [4.78, 5) is 0. The van der Waals surface area contributed by atoms with Crippen molar-refractivity contribution in [3.63, 3.8) is 0 Å². The molecule has 0 aromatic carbocycles. The Kier molecular flexibility index (Phi) is 2.85. The van der Waals surface area contributed by atoms with Crippen LogP contribution in [0.1, 0.15) is 31.9 Å². The van der Waals surface area contributed by atoms with Crippen molar-refractivity contribution >= 4 is 15.9 Å². The summed E-state index contributed by atoms with van der Waals surface area (Å²) in [5, 5.41) is 11.5. The van der Waals surface area contributed by atoms with Crippen molar-refractivity contribution in [3.05, 3.63) is 10.3 Å². The number of rotatable bonds is 2. The van der Waals surface area contributed by atoms with Crippen LogP contribution in [-0.2, 0) is 12.5 Å². The molecule has 84 valence electrons. The molecule has 5 heteroatoms. The number of nitrogens with zero attached hydrogens (tertiary/aromatic N) is 3. The van der Waals surface area contributed by atoms with Crippen molar-refractivity contribution in [1.82, 2.24) is 20.3 Å². The number of halogens is 1. The molecule has 0 radical (unpaired) electrons. The normalized spacial score (nSPS) is 31.1. The standard InChI is InChI=1S/C10H17BrN4/c1-10(5-4-7(6-10)12-2)8-9(11)13-14-15(8)3/h7,12H,4-6H2,1-3H3. The maximum Gasteiger partial charge on any atom is 0.152 e. The van der Waals surface area contributed by atoms with Gasteiger partial charge in [0, 0.05) is 18.5 Å². The van der Waals surface area contributed by atoms with Crippen LogP contribution < -0.4 is 5.32 Å². The molecule has 0 bridgehead atoms. The van der Waals surface area contributed by atoms with E-state index in [2.05, 4.69) is 38.5 Å². The molecule has 0 saturated heterocycles. The summed E-state index contributed by atoms with van der Waals surface area (Å²) in [6.07, 6.45) is 3.58. The molecule has 15 heavy (non-hydrogen) atoms. The van der Waals surface area contributed by atoms with Crippen LogP contribution >= 0.6 is 15.9 Å². The predicted molar refractivity (Wildman–Crippen MR) is 62.8 cm³/mol. The highest BCUT2D eigenvalue weighted by Crippen LogP contribution is 2.42. The molecule has 2 atom stereocenters. The molecule has 0 aliphatic heterocycles. The van der Waals surface area contributed by atoms with Crippen LogP contribution in [0.3, 0.4) is 0 Å². The molecule has 2 unspecified atom stereocenters. The number of aromatic nitrogens is 3. The van der Waals surface area contributed by atoms with Crippen molar-refractivity contribution in [3.8, 4) is 0 Å². The third-order valence-corrected chi connectivity index (χ3v) is 4.04. The fourth-order valence-corrected chi connectivity index (χ4v) is 3.48. The molecule has 1 aliphatic rings. The maximum absolute atomic E-state index is 4.07. The summed E-state index contributed by atoms with van der Waals surface area (Å²) in [7, 11) is 4.00. The van der Waals surface area contributed by atoms with Gasteiger partial charge in [0.1, 0.15) is 0 Å². The van der Waals surface area contributed by atoms with Crippen molar-refractivity contribution in [2.45, 2.75) is 37.6 Å². The second-order valence-electron chi connectivity index (χ2n) is 4.64. The van der Waals surface area contributed by atoms with Gasteiger partial charge in [-0.25, -0.2) is 0 Å². The van der Waals surface area contributed by atoms with E-state index in [9.17, 15) is 0 Å². The van der Waals surface area contributed by atoms with Gasteiger partial charge in [0.25, 0.3) is 0 Å². The summed E-state index contributed by atoms with van der Waals surface area (Å²) in [6.45, 7) is 2.30. The Hall–Kier alpha value is -0.420. The summed E-state index contributed by atoms with van der Waals surface area (Å²) < 4.78 is 2.78. The van der Waals surface area contributed by atoms with E-state index in [1.807, 2.05) is 18.8 Å². The first-order valence-corrected chi connectivity index (χ1v) is 6.09. The zero-order chi connectivity index (χ0) is 11.1. The third-order valence-electron chi connectivity index (χ3n) is 3.51. The van der Waals surface area contributed by atoms with E-state index in [1.54, 1.807) is 0 Å². The lowest BCUT2D eigenvalue weighted by Gasteiger charge is -2.24. The van der Waals surface area contributed by atoms with E-state index in [1.165, 1.54) is 18.5 Å². The van der Waals surface area contributed by atoms with Gasteiger partial charge in [0.05, 0.1) is 5.69 Å². The fourth-order valence-electron chi connectivity index (χ4n) is 2.67. The molecule has 0 spiro atoms. The molecule has 0 amide bonds. The van der Waals surface area contributed by atoms with E-state index < -0.39 is 0 Å². The summed E-state index contributed by atoms with van der Waals surface area (Å²) in [6, 6.07) is 0.622. The van der Waals surface area contributed by atoms with Gasteiger partial charge in [-0.05, 0) is 42.2 Å². The van der Waals surface area contributed by atoms with E-state index >= 15 is 0 Å². The van der Waals surface area contributed by atoms with Gasteiger partial charge in [0.2, 0.25) is 0 Å². The second kappa shape index (κ2) is 3.87. The zero-order valence-corrected chi connectivity index (χ0v) is 11.0. The molecule has 1 saturated carbocycles. The first-order chi connectivity index (χ1) is 7.07. The topological polar surface area (TPSA) is 42.7 Å². The van der Waals surface area contributed by atoms with Crippen LogP contribution in [0.5, 0.6) is 0 Å². The van der Waals surface area contributed by atoms with Gasteiger partial charge < -0.3 is 5.32 Å². The summed E-state index contributed by atoms with van der Waals surface area (Å²) in [5.41, 5.74) is 1.42. The lowest BCUT2D eigenvalue weighted by Crippen LogP contribution is -2.27. The Morgan fingerprint density at radius 2 is 2.33 bits per heavy atom. The van der Waals surface area contributed by atoms with E-state index in [-0.39, 0.29) is 5.41 Å². The molecule has 4 nitrogen and oxygen atoms in total. The highest BCUT2D eigenvalue weighted by molar-refractivity contribution is 9.10. The Labute approximate surface area is 98.6 Å². The number of aryl methyl sites for hydroxylation is 1. The quantitative estimate of drug-likeness (QED) is 0.890. The van der Waals surface area contributed by atoms with Gasteiger partial charge in [-0.1, -0.05) is 12.1 Å². The average molecular weight is 273 g/mol. The first kappa shape index (κ1) is 11.1. The van der Waals surface area contributed by atoms with Crippen LogP contribution in [0.25, 0.3) is 0 Å². The largest absolute Gasteiger partial charge is 0.317 e. The highest BCUT2D eigenvalue weighted by atomic mass is 79.9. The molecule has 2 rings (SSSR count). The fraction of sp³-hybridized carbons (Fsp3) is 0.800. The van der Waals surface area contributed by atoms with E-state index in [0.29, 0.717) is 6.04 Å². The summed E-state index contributed by atoms with van der Waals surface area (Å²) >= 11 is 3.49. The zero-order valence-electron chi connectivity index (χ0n) is 9.42. The average Bonchev–Trinajstić information content (AvgIpc) is 2.72. The van der Waals surface area contributed by atoms with Crippen LogP contribution in [0.4, 0.5) is 0 Å². The van der Waals surface area contributed by atoms with Crippen molar-refractivity contribution < 1.29 is 0 Å². The molecule has 1 aliphatic carbocycles. The molecule has 1 aromatic rings. The summed E-state index contributed by atoms with van der Waals surface area (Å²) in [5.74, 6) is 0. The van der Waals surface area contributed by atoms with Gasteiger partial charge in [0.15, 0.2) is 4.60 Å². The van der Waals surface area contributed by atoms with Crippen molar-refractivity contribution in [1.29, 1.82) is 0 Å². The minimum atomic E-state index is 0.199. The minimum Gasteiger partial charge on any atom is -0.317 e. The lowest BCUT2D eigenvalue weighted by molar-refractivity contribution is 0.429. The molecule has 1 N–H and O–H groups in total. The van der Waals surface area contributed by atoms with Crippen LogP contribution in [0.15, 0.2) is 4.60 Å².